The zero-order valence-corrected chi connectivity index (χ0v) is 16.9. The van der Waals surface area contributed by atoms with E-state index < -0.39 is 0 Å². The fourth-order valence-electron chi connectivity index (χ4n) is 4.21. The van der Waals surface area contributed by atoms with Crippen molar-refractivity contribution in [1.82, 2.24) is 20.2 Å². The lowest BCUT2D eigenvalue weighted by molar-refractivity contribution is -0.932. The molecule has 1 saturated heterocycles. The van der Waals surface area contributed by atoms with Gasteiger partial charge in [0.05, 0.1) is 13.1 Å². The number of tetrazole rings is 1. The van der Waals surface area contributed by atoms with Gasteiger partial charge in [-0.05, 0) is 48.1 Å². The average molecular weight is 377 g/mol. The molecule has 1 aromatic heterocycles. The molecule has 1 N–H and O–H groups in total. The van der Waals surface area contributed by atoms with E-state index in [1.165, 1.54) is 42.6 Å². The largest absolute Gasteiger partial charge is 0.322 e. The van der Waals surface area contributed by atoms with Crippen LogP contribution >= 0.6 is 0 Å². The molecule has 4 rings (SSSR count). The number of benzene rings is 2. The van der Waals surface area contributed by atoms with E-state index in [0.29, 0.717) is 0 Å². The zero-order chi connectivity index (χ0) is 19.3. The Bertz CT molecular complexity index is 864. The highest BCUT2D eigenvalue weighted by molar-refractivity contribution is 5.26. The summed E-state index contributed by atoms with van der Waals surface area (Å²) in [4.78, 5) is 1.58. The Morgan fingerprint density at radius 1 is 1.04 bits per heavy atom. The molecule has 28 heavy (non-hydrogen) atoms. The Balaban J connectivity index is 1.61. The number of piperidine rings is 1. The minimum atomic E-state index is 0.193. The van der Waals surface area contributed by atoms with E-state index in [1.54, 1.807) is 4.90 Å². The quantitative estimate of drug-likeness (QED) is 0.719. The maximum atomic E-state index is 4.50. The van der Waals surface area contributed by atoms with Crippen molar-refractivity contribution >= 4 is 0 Å². The van der Waals surface area contributed by atoms with Gasteiger partial charge in [0.1, 0.15) is 0 Å². The Morgan fingerprint density at radius 2 is 1.75 bits per heavy atom. The van der Waals surface area contributed by atoms with E-state index in [1.807, 2.05) is 4.68 Å². The molecule has 3 aromatic rings. The fraction of sp³-hybridized carbons (Fsp3) is 0.435. The van der Waals surface area contributed by atoms with Gasteiger partial charge < -0.3 is 4.90 Å². The second-order valence-corrected chi connectivity index (χ2v) is 8.18. The van der Waals surface area contributed by atoms with Crippen LogP contribution in [0.3, 0.4) is 0 Å². The summed E-state index contributed by atoms with van der Waals surface area (Å²) in [5, 5.41) is 12.9. The number of aryl methyl sites for hydroxylation is 3. The normalized spacial score (nSPS) is 20.8. The highest BCUT2D eigenvalue weighted by Crippen LogP contribution is 2.20. The molecule has 0 unspecified atom stereocenters. The molecule has 0 radical (unpaired) electrons. The van der Waals surface area contributed by atoms with Crippen molar-refractivity contribution in [3.8, 4) is 0 Å². The minimum Gasteiger partial charge on any atom is -0.322 e. The first-order valence-corrected chi connectivity index (χ1v) is 10.4. The third-order valence-corrected chi connectivity index (χ3v) is 6.01. The van der Waals surface area contributed by atoms with Crippen LogP contribution in [-0.2, 0) is 13.0 Å². The molecule has 1 aliphatic heterocycles. The molecular formula is C23H30N5+. The van der Waals surface area contributed by atoms with Gasteiger partial charge >= 0.3 is 0 Å². The van der Waals surface area contributed by atoms with Gasteiger partial charge in [0.15, 0.2) is 6.04 Å². The predicted octanol–water partition coefficient (Wildman–Crippen LogP) is 2.63. The maximum Gasteiger partial charge on any atom is 0.214 e. The molecule has 1 aliphatic rings. The van der Waals surface area contributed by atoms with Crippen molar-refractivity contribution in [2.24, 2.45) is 5.92 Å². The molecule has 2 heterocycles. The van der Waals surface area contributed by atoms with E-state index in [4.69, 9.17) is 0 Å². The van der Waals surface area contributed by atoms with Gasteiger partial charge in [-0.1, -0.05) is 67.1 Å². The van der Waals surface area contributed by atoms with Crippen molar-refractivity contribution < 1.29 is 4.90 Å². The summed E-state index contributed by atoms with van der Waals surface area (Å²) in [7, 11) is 0. The maximum absolute atomic E-state index is 4.50. The van der Waals surface area contributed by atoms with Crippen LogP contribution in [0.2, 0.25) is 0 Å². The monoisotopic (exact) mass is 376 g/mol. The summed E-state index contributed by atoms with van der Waals surface area (Å²) >= 11 is 0. The van der Waals surface area contributed by atoms with Gasteiger partial charge in [-0.25, -0.2) is 4.68 Å². The molecule has 0 bridgehead atoms. The Hall–Kier alpha value is -2.53. The molecule has 5 nitrogen and oxygen atoms in total. The third-order valence-electron chi connectivity index (χ3n) is 6.01. The number of likely N-dealkylation sites (tertiary alicyclic amines) is 1. The number of nitrogens with zero attached hydrogens (tertiary/aromatic N) is 4. The van der Waals surface area contributed by atoms with Crippen LogP contribution in [0.5, 0.6) is 0 Å². The number of quaternary nitrogens is 1. The molecule has 5 heteroatoms. The molecule has 146 valence electrons. The summed E-state index contributed by atoms with van der Waals surface area (Å²) in [6.07, 6.45) is 3.47. The number of hydrogen-bond acceptors (Lipinski definition) is 3. The highest BCUT2D eigenvalue weighted by Gasteiger charge is 2.33. The topological polar surface area (TPSA) is 48.0 Å². The molecule has 1 atom stereocenters. The SMILES string of the molecule is Cc1ccc([C@@H](c2nnnn2CCc2ccccc2)[NH+]2CCC(C)CC2)cc1. The lowest BCUT2D eigenvalue weighted by Crippen LogP contribution is -3.13. The van der Waals surface area contributed by atoms with E-state index in [2.05, 4.69) is 84.0 Å². The summed E-state index contributed by atoms with van der Waals surface area (Å²) in [5.41, 5.74) is 3.91. The van der Waals surface area contributed by atoms with Gasteiger partial charge in [0.25, 0.3) is 0 Å². The predicted molar refractivity (Wildman–Crippen MR) is 110 cm³/mol. The van der Waals surface area contributed by atoms with Crippen molar-refractivity contribution in [1.29, 1.82) is 0 Å². The van der Waals surface area contributed by atoms with Gasteiger partial charge in [-0.3, -0.25) is 0 Å². The van der Waals surface area contributed by atoms with E-state index in [-0.39, 0.29) is 6.04 Å². The molecule has 0 saturated carbocycles. The number of rotatable bonds is 6. The van der Waals surface area contributed by atoms with E-state index >= 15 is 0 Å². The first kappa shape index (κ1) is 18.8. The average Bonchev–Trinajstić information content (AvgIpc) is 3.18. The highest BCUT2D eigenvalue weighted by atomic mass is 15.5. The zero-order valence-electron chi connectivity index (χ0n) is 16.9. The van der Waals surface area contributed by atoms with Crippen molar-refractivity contribution in [2.75, 3.05) is 13.1 Å². The second kappa shape index (κ2) is 8.65. The van der Waals surface area contributed by atoms with Crippen LogP contribution in [0.1, 0.15) is 48.3 Å². The molecular weight excluding hydrogens is 346 g/mol. The van der Waals surface area contributed by atoms with Gasteiger partial charge in [0.2, 0.25) is 5.82 Å². The molecule has 0 spiro atoms. The van der Waals surface area contributed by atoms with Crippen LogP contribution in [0.4, 0.5) is 0 Å². The molecule has 0 amide bonds. The van der Waals surface area contributed by atoms with Crippen LogP contribution in [0, 0.1) is 12.8 Å². The first-order chi connectivity index (χ1) is 13.7. The Labute approximate surface area is 167 Å². The van der Waals surface area contributed by atoms with Crippen LogP contribution < -0.4 is 4.90 Å². The Morgan fingerprint density at radius 3 is 2.46 bits per heavy atom. The standard InChI is InChI=1S/C23H29N5/c1-18-8-10-21(11-9-18)22(27-15-12-19(2)13-16-27)23-24-25-26-28(23)17-14-20-6-4-3-5-7-20/h3-11,19,22H,12-17H2,1-2H3/p+1/t22-/m0/s1. The lowest BCUT2D eigenvalue weighted by Gasteiger charge is -2.33. The van der Waals surface area contributed by atoms with Crippen LogP contribution in [0.25, 0.3) is 0 Å². The third kappa shape index (κ3) is 4.30. The molecule has 2 aromatic carbocycles. The van der Waals surface area contributed by atoms with Crippen molar-refractivity contribution in [2.45, 2.75) is 45.7 Å². The van der Waals surface area contributed by atoms with Crippen LogP contribution in [0.15, 0.2) is 54.6 Å². The molecule has 1 fully saturated rings. The Kier molecular flexibility index (Phi) is 5.81. The van der Waals surface area contributed by atoms with Crippen molar-refractivity contribution in [3.05, 3.63) is 77.1 Å². The molecule has 0 aliphatic carbocycles. The lowest BCUT2D eigenvalue weighted by atomic mass is 9.95. The van der Waals surface area contributed by atoms with Crippen molar-refractivity contribution in [3.63, 3.8) is 0 Å². The van der Waals surface area contributed by atoms with Gasteiger partial charge in [0, 0.05) is 12.1 Å². The van der Waals surface area contributed by atoms with Gasteiger partial charge in [-0.15, -0.1) is 5.10 Å². The van der Waals surface area contributed by atoms with Crippen LogP contribution in [-0.4, -0.2) is 33.3 Å². The summed E-state index contributed by atoms with van der Waals surface area (Å²) < 4.78 is 2.02. The smallest absolute Gasteiger partial charge is 0.214 e. The van der Waals surface area contributed by atoms with E-state index in [9.17, 15) is 0 Å². The minimum absolute atomic E-state index is 0.193. The summed E-state index contributed by atoms with van der Waals surface area (Å²) in [6.45, 7) is 7.65. The second-order valence-electron chi connectivity index (χ2n) is 8.18. The summed E-state index contributed by atoms with van der Waals surface area (Å²) in [6, 6.07) is 19.7. The fourth-order valence-corrected chi connectivity index (χ4v) is 4.21. The van der Waals surface area contributed by atoms with Gasteiger partial charge in [-0.2, -0.15) is 0 Å². The number of hydrogen-bond donors (Lipinski definition) is 1. The number of aromatic nitrogens is 4. The summed E-state index contributed by atoms with van der Waals surface area (Å²) in [5.74, 6) is 1.81. The number of nitrogens with one attached hydrogen (secondary N) is 1. The first-order valence-electron chi connectivity index (χ1n) is 10.4. The van der Waals surface area contributed by atoms with E-state index in [0.717, 1.165) is 24.7 Å².